The maximum absolute atomic E-state index is 13.3. The van der Waals surface area contributed by atoms with Gasteiger partial charge in [-0.2, -0.15) is 0 Å². The molecule has 0 saturated carbocycles. The van der Waals surface area contributed by atoms with Crippen LogP contribution in [0.25, 0.3) is 0 Å². The Bertz CT molecular complexity index is 998. The van der Waals surface area contributed by atoms with Gasteiger partial charge in [-0.25, -0.2) is 4.99 Å². The highest BCUT2D eigenvalue weighted by Crippen LogP contribution is 2.25. The maximum atomic E-state index is 13.3. The molecule has 1 fully saturated rings. The fourth-order valence-corrected chi connectivity index (χ4v) is 3.62. The van der Waals surface area contributed by atoms with Gasteiger partial charge in [0.2, 0.25) is 17.8 Å². The van der Waals surface area contributed by atoms with Gasteiger partial charge in [0, 0.05) is 5.03 Å². The van der Waals surface area contributed by atoms with Crippen LogP contribution < -0.4 is 10.1 Å². The van der Waals surface area contributed by atoms with E-state index in [1.807, 2.05) is 19.9 Å². The van der Waals surface area contributed by atoms with Gasteiger partial charge in [0.25, 0.3) is 0 Å². The van der Waals surface area contributed by atoms with Crippen molar-refractivity contribution >= 4 is 41.0 Å². The monoisotopic (exact) mass is 473 g/mol. The highest BCUT2D eigenvalue weighted by molar-refractivity contribution is 6.29. The topological polar surface area (TPSA) is 97.3 Å². The zero-order chi connectivity index (χ0) is 24.0. The van der Waals surface area contributed by atoms with E-state index in [1.54, 1.807) is 37.3 Å². The summed E-state index contributed by atoms with van der Waals surface area (Å²) in [5.74, 6) is -2.04. The van der Waals surface area contributed by atoms with E-state index in [0.29, 0.717) is 24.3 Å². The van der Waals surface area contributed by atoms with Crippen molar-refractivity contribution < 1.29 is 23.9 Å². The SMILES string of the molecule is CCOC(=O)CC1C(=O)N/C(=N\c2ccc(OC(C)C)cc2)N(CC2=CC=C(Cl)CC2)C1=O. The van der Waals surface area contributed by atoms with Crippen LogP contribution >= 0.6 is 11.6 Å². The van der Waals surface area contributed by atoms with Crippen molar-refractivity contribution in [2.24, 2.45) is 10.9 Å². The van der Waals surface area contributed by atoms with Crippen LogP contribution in [0.3, 0.4) is 0 Å². The normalized spacial score (nSPS) is 19.8. The zero-order valence-corrected chi connectivity index (χ0v) is 19.7. The minimum Gasteiger partial charge on any atom is -0.491 e. The van der Waals surface area contributed by atoms with Crippen molar-refractivity contribution in [2.75, 3.05) is 13.2 Å². The number of carbonyl (C=O) groups excluding carboxylic acids is 3. The van der Waals surface area contributed by atoms with E-state index in [4.69, 9.17) is 21.1 Å². The summed E-state index contributed by atoms with van der Waals surface area (Å²) in [5.41, 5.74) is 1.51. The summed E-state index contributed by atoms with van der Waals surface area (Å²) in [6, 6.07) is 7.03. The lowest BCUT2D eigenvalue weighted by molar-refractivity contribution is -0.152. The number of hydrogen-bond acceptors (Lipinski definition) is 6. The summed E-state index contributed by atoms with van der Waals surface area (Å²) in [4.78, 5) is 43.8. The van der Waals surface area contributed by atoms with Crippen LogP contribution in [0, 0.1) is 5.92 Å². The Balaban J connectivity index is 1.88. The van der Waals surface area contributed by atoms with Gasteiger partial charge >= 0.3 is 5.97 Å². The first-order chi connectivity index (χ1) is 15.8. The highest BCUT2D eigenvalue weighted by atomic mass is 35.5. The van der Waals surface area contributed by atoms with Crippen molar-refractivity contribution in [3.05, 3.63) is 47.0 Å². The second-order valence-corrected chi connectivity index (χ2v) is 8.50. The number of nitrogens with zero attached hydrogens (tertiary/aromatic N) is 2. The summed E-state index contributed by atoms with van der Waals surface area (Å²) in [6.45, 7) is 5.94. The van der Waals surface area contributed by atoms with Gasteiger partial charge in [-0.3, -0.25) is 24.6 Å². The van der Waals surface area contributed by atoms with E-state index in [0.717, 1.165) is 10.6 Å². The van der Waals surface area contributed by atoms with E-state index in [2.05, 4.69) is 10.3 Å². The molecule has 2 amide bonds. The number of rotatable bonds is 8. The molecule has 33 heavy (non-hydrogen) atoms. The van der Waals surface area contributed by atoms with Crippen molar-refractivity contribution in [2.45, 2.75) is 46.1 Å². The Morgan fingerprint density at radius 2 is 1.94 bits per heavy atom. The third-order valence-corrected chi connectivity index (χ3v) is 5.35. The molecule has 176 valence electrons. The molecule has 0 radical (unpaired) electrons. The standard InChI is InChI=1S/C24H28ClN3O5/c1-4-32-21(29)13-20-22(30)27-24(26-18-9-11-19(12-10-18)33-15(2)3)28(23(20)31)14-16-5-7-17(25)8-6-16/h5,7,9-12,15,20H,4,6,8,13-14H2,1-3H3,(H,26,27,30). The molecule has 1 atom stereocenters. The molecule has 1 saturated heterocycles. The molecule has 9 heteroatoms. The Kier molecular flexibility index (Phi) is 8.27. The lowest BCUT2D eigenvalue weighted by Gasteiger charge is -2.33. The van der Waals surface area contributed by atoms with E-state index in [1.165, 1.54) is 4.90 Å². The molecule has 0 spiro atoms. The quantitative estimate of drug-likeness (QED) is 0.457. The number of amides is 2. The number of carbonyl (C=O) groups is 3. The summed E-state index contributed by atoms with van der Waals surface area (Å²) in [6.07, 6.45) is 4.74. The van der Waals surface area contributed by atoms with Crippen molar-refractivity contribution in [1.82, 2.24) is 10.2 Å². The molecule has 3 rings (SSSR count). The van der Waals surface area contributed by atoms with Crippen LogP contribution in [-0.2, 0) is 19.1 Å². The molecule has 1 aliphatic carbocycles. The van der Waals surface area contributed by atoms with Crippen LogP contribution in [0.1, 0.15) is 40.0 Å². The number of ether oxygens (including phenoxy) is 2. The smallest absolute Gasteiger partial charge is 0.307 e. The minimum absolute atomic E-state index is 0.0376. The summed E-state index contributed by atoms with van der Waals surface area (Å²) >= 11 is 6.06. The minimum atomic E-state index is -1.17. The average molecular weight is 474 g/mol. The number of allylic oxidation sites excluding steroid dienone is 3. The van der Waals surface area contributed by atoms with Crippen LogP contribution in [0.4, 0.5) is 5.69 Å². The molecule has 1 unspecified atom stereocenters. The fraction of sp³-hybridized carbons (Fsp3) is 0.417. The lowest BCUT2D eigenvalue weighted by Crippen LogP contribution is -2.59. The summed E-state index contributed by atoms with van der Waals surface area (Å²) in [5, 5.41) is 3.44. The first-order valence-corrected chi connectivity index (χ1v) is 11.3. The first kappa shape index (κ1) is 24.5. The second kappa shape index (κ2) is 11.1. The molecule has 0 aromatic heterocycles. The lowest BCUT2D eigenvalue weighted by atomic mass is 9.98. The predicted molar refractivity (Wildman–Crippen MR) is 125 cm³/mol. The molecule has 1 aromatic rings. The molecular formula is C24H28ClN3O5. The van der Waals surface area contributed by atoms with Gasteiger partial charge in [0.15, 0.2) is 0 Å². The van der Waals surface area contributed by atoms with Crippen LogP contribution in [-0.4, -0.2) is 47.9 Å². The van der Waals surface area contributed by atoms with Crippen LogP contribution in [0.2, 0.25) is 0 Å². The number of guanidine groups is 1. The zero-order valence-electron chi connectivity index (χ0n) is 19.0. The van der Waals surface area contributed by atoms with Crippen molar-refractivity contribution in [3.63, 3.8) is 0 Å². The summed E-state index contributed by atoms with van der Waals surface area (Å²) < 4.78 is 10.6. The third kappa shape index (κ3) is 6.68. The van der Waals surface area contributed by atoms with Gasteiger partial charge in [-0.15, -0.1) is 0 Å². The molecule has 2 aliphatic rings. The van der Waals surface area contributed by atoms with Crippen molar-refractivity contribution in [1.29, 1.82) is 0 Å². The Hall–Kier alpha value is -3.13. The second-order valence-electron chi connectivity index (χ2n) is 8.01. The molecular weight excluding hydrogens is 446 g/mol. The predicted octanol–water partition coefficient (Wildman–Crippen LogP) is 3.83. The van der Waals surface area contributed by atoms with Crippen LogP contribution in [0.15, 0.2) is 52.0 Å². The Morgan fingerprint density at radius 3 is 2.55 bits per heavy atom. The largest absolute Gasteiger partial charge is 0.491 e. The number of halogens is 1. The van der Waals surface area contributed by atoms with E-state index >= 15 is 0 Å². The van der Waals surface area contributed by atoms with Gasteiger partial charge in [-0.05, 0) is 69.5 Å². The Labute approximate surface area is 198 Å². The van der Waals surface area contributed by atoms with E-state index in [9.17, 15) is 14.4 Å². The van der Waals surface area contributed by atoms with Crippen molar-refractivity contribution in [3.8, 4) is 5.75 Å². The van der Waals surface area contributed by atoms with Gasteiger partial charge < -0.3 is 9.47 Å². The highest BCUT2D eigenvalue weighted by Gasteiger charge is 2.41. The average Bonchev–Trinajstić information content (AvgIpc) is 2.76. The molecule has 8 nitrogen and oxygen atoms in total. The van der Waals surface area contributed by atoms with E-state index < -0.39 is 23.7 Å². The molecule has 1 heterocycles. The number of hydrogen-bond donors (Lipinski definition) is 1. The number of aliphatic imine (C=N–C) groups is 1. The van der Waals surface area contributed by atoms with Gasteiger partial charge in [0.1, 0.15) is 11.7 Å². The van der Waals surface area contributed by atoms with Gasteiger partial charge in [-0.1, -0.05) is 17.7 Å². The van der Waals surface area contributed by atoms with Gasteiger partial charge in [0.05, 0.1) is 31.4 Å². The Morgan fingerprint density at radius 1 is 1.21 bits per heavy atom. The van der Waals surface area contributed by atoms with E-state index in [-0.39, 0.29) is 31.6 Å². The maximum Gasteiger partial charge on any atom is 0.307 e. The number of nitrogens with one attached hydrogen (secondary N) is 1. The summed E-state index contributed by atoms with van der Waals surface area (Å²) in [7, 11) is 0. The molecule has 0 bridgehead atoms. The number of benzene rings is 1. The fourth-order valence-electron chi connectivity index (χ4n) is 3.46. The third-order valence-electron chi connectivity index (χ3n) is 5.04. The number of esters is 1. The molecule has 1 aliphatic heterocycles. The molecule has 1 N–H and O–H groups in total. The first-order valence-electron chi connectivity index (χ1n) is 10.9. The molecule has 1 aromatic carbocycles. The van der Waals surface area contributed by atoms with Crippen LogP contribution in [0.5, 0.6) is 5.75 Å².